The lowest BCUT2D eigenvalue weighted by Crippen LogP contribution is -2.39. The first-order chi connectivity index (χ1) is 10.7. The molecule has 0 aromatic carbocycles. The fourth-order valence-electron chi connectivity index (χ4n) is 3.30. The van der Waals surface area contributed by atoms with Crippen molar-refractivity contribution >= 4 is 6.09 Å². The number of nitrogens with one attached hydrogen (secondary N) is 1. The number of fused-ring (bicyclic) bond motifs is 1. The minimum Gasteiger partial charge on any atom is -0.444 e. The number of amides is 1. The Morgan fingerprint density at radius 2 is 2.04 bits per heavy atom. The van der Waals surface area contributed by atoms with Crippen LogP contribution in [-0.4, -0.2) is 40.7 Å². The maximum Gasteiger partial charge on any atom is 0.410 e. The Morgan fingerprint density at radius 1 is 1.39 bits per heavy atom. The van der Waals surface area contributed by atoms with Crippen LogP contribution < -0.4 is 5.32 Å². The van der Waals surface area contributed by atoms with E-state index in [1.807, 2.05) is 27.7 Å². The zero-order valence-electron chi connectivity index (χ0n) is 14.0. The van der Waals surface area contributed by atoms with Crippen LogP contribution in [0.2, 0.25) is 0 Å². The quantitative estimate of drug-likeness (QED) is 0.930. The zero-order valence-corrected chi connectivity index (χ0v) is 14.0. The van der Waals surface area contributed by atoms with Gasteiger partial charge in [-0.1, -0.05) is 0 Å². The lowest BCUT2D eigenvalue weighted by Gasteiger charge is -2.26. The van der Waals surface area contributed by atoms with E-state index in [1.54, 1.807) is 11.1 Å². The smallest absolute Gasteiger partial charge is 0.410 e. The number of hydrogen-bond acceptors (Lipinski definition) is 4. The summed E-state index contributed by atoms with van der Waals surface area (Å²) in [4.78, 5) is 17.7. The summed E-state index contributed by atoms with van der Waals surface area (Å²) in [5, 5.41) is 3.52. The standard InChI is InChI=1S/C17H24FN3O2/c1-10(11-5-12(18)7-19-6-11)20-15-13-8-21(9-14(13)15)16(22)23-17(2,3)4/h5-7,10,13-15,20H,8-9H2,1-4H3. The Hall–Kier alpha value is -1.69. The van der Waals surface area contributed by atoms with Gasteiger partial charge in [0.25, 0.3) is 0 Å². The summed E-state index contributed by atoms with van der Waals surface area (Å²) in [5.74, 6) is 0.612. The molecule has 3 rings (SSSR count). The highest BCUT2D eigenvalue weighted by molar-refractivity contribution is 5.69. The predicted octanol–water partition coefficient (Wildman–Crippen LogP) is 2.74. The first-order valence-corrected chi connectivity index (χ1v) is 8.09. The van der Waals surface area contributed by atoms with Crippen molar-refractivity contribution in [2.24, 2.45) is 11.8 Å². The van der Waals surface area contributed by atoms with E-state index in [4.69, 9.17) is 4.74 Å². The van der Waals surface area contributed by atoms with Gasteiger partial charge in [-0.25, -0.2) is 9.18 Å². The molecule has 3 atom stereocenters. The second kappa shape index (κ2) is 5.74. The lowest BCUT2D eigenvalue weighted by molar-refractivity contribution is 0.0268. The molecule has 2 heterocycles. The van der Waals surface area contributed by atoms with Crippen LogP contribution in [0.1, 0.15) is 39.3 Å². The molecule has 1 aliphatic heterocycles. The van der Waals surface area contributed by atoms with Gasteiger partial charge in [0.1, 0.15) is 11.4 Å². The average Bonchev–Trinajstić information content (AvgIpc) is 2.90. The predicted molar refractivity (Wildman–Crippen MR) is 84.3 cm³/mol. The van der Waals surface area contributed by atoms with Gasteiger partial charge in [-0.05, 0) is 51.2 Å². The van der Waals surface area contributed by atoms with Crippen molar-refractivity contribution in [3.05, 3.63) is 29.8 Å². The summed E-state index contributed by atoms with van der Waals surface area (Å²) >= 11 is 0. The number of nitrogens with zero attached hydrogens (tertiary/aromatic N) is 2. The molecule has 6 heteroatoms. The van der Waals surface area contributed by atoms with Gasteiger partial charge >= 0.3 is 6.09 Å². The molecule has 1 saturated heterocycles. The molecule has 126 valence electrons. The molecule has 1 aliphatic carbocycles. The highest BCUT2D eigenvalue weighted by Crippen LogP contribution is 2.46. The molecular weight excluding hydrogens is 297 g/mol. The van der Waals surface area contributed by atoms with Crippen LogP contribution in [0.5, 0.6) is 0 Å². The minimum absolute atomic E-state index is 0.0452. The third-order valence-corrected chi connectivity index (χ3v) is 4.51. The van der Waals surface area contributed by atoms with Gasteiger partial charge in [0.05, 0.1) is 6.20 Å². The van der Waals surface area contributed by atoms with Crippen molar-refractivity contribution in [2.75, 3.05) is 13.1 Å². The van der Waals surface area contributed by atoms with Gasteiger partial charge in [-0.2, -0.15) is 0 Å². The normalized spacial score (nSPS) is 27.5. The van der Waals surface area contributed by atoms with Gasteiger partial charge in [0.2, 0.25) is 0 Å². The highest BCUT2D eigenvalue weighted by atomic mass is 19.1. The molecule has 3 unspecified atom stereocenters. The highest BCUT2D eigenvalue weighted by Gasteiger charge is 2.57. The fraction of sp³-hybridized carbons (Fsp3) is 0.647. The van der Waals surface area contributed by atoms with Crippen molar-refractivity contribution in [2.45, 2.75) is 45.4 Å². The van der Waals surface area contributed by atoms with Gasteiger partial charge in [-0.3, -0.25) is 4.98 Å². The summed E-state index contributed by atoms with van der Waals surface area (Å²) in [6.45, 7) is 9.09. The molecule has 5 nitrogen and oxygen atoms in total. The number of hydrogen-bond donors (Lipinski definition) is 1. The van der Waals surface area contributed by atoms with Crippen molar-refractivity contribution in [3.63, 3.8) is 0 Å². The van der Waals surface area contributed by atoms with Crippen molar-refractivity contribution < 1.29 is 13.9 Å². The van der Waals surface area contributed by atoms with Crippen molar-refractivity contribution in [1.82, 2.24) is 15.2 Å². The Balaban J connectivity index is 1.50. The molecule has 0 radical (unpaired) electrons. The van der Waals surface area contributed by atoms with Crippen molar-refractivity contribution in [3.8, 4) is 0 Å². The van der Waals surface area contributed by atoms with Gasteiger partial charge in [0, 0.05) is 31.4 Å². The van der Waals surface area contributed by atoms with Gasteiger partial charge in [-0.15, -0.1) is 0 Å². The number of ether oxygens (including phenoxy) is 1. The molecule has 1 amide bonds. The van der Waals surface area contributed by atoms with E-state index in [0.29, 0.717) is 17.9 Å². The summed E-state index contributed by atoms with van der Waals surface area (Å²) in [5.41, 5.74) is 0.388. The number of rotatable bonds is 3. The van der Waals surface area contributed by atoms with E-state index in [-0.39, 0.29) is 18.0 Å². The van der Waals surface area contributed by atoms with E-state index in [2.05, 4.69) is 10.3 Å². The number of halogens is 1. The number of carbonyl (C=O) groups is 1. The summed E-state index contributed by atoms with van der Waals surface area (Å²) in [6.07, 6.45) is 2.66. The summed E-state index contributed by atoms with van der Waals surface area (Å²) in [7, 11) is 0. The van der Waals surface area contributed by atoms with Crippen LogP contribution >= 0.6 is 0 Å². The molecule has 23 heavy (non-hydrogen) atoms. The van der Waals surface area contributed by atoms with E-state index in [0.717, 1.165) is 18.7 Å². The van der Waals surface area contributed by atoms with Crippen LogP contribution in [0.3, 0.4) is 0 Å². The SMILES string of the molecule is CC(NC1C2CN(C(=O)OC(C)(C)C)CC21)c1cncc(F)c1. The largest absolute Gasteiger partial charge is 0.444 e. The van der Waals surface area contributed by atoms with E-state index < -0.39 is 5.60 Å². The molecule has 0 spiro atoms. The fourth-order valence-corrected chi connectivity index (χ4v) is 3.30. The third kappa shape index (κ3) is 3.63. The number of aromatic nitrogens is 1. The van der Waals surface area contributed by atoms with Crippen molar-refractivity contribution in [1.29, 1.82) is 0 Å². The topological polar surface area (TPSA) is 54.5 Å². The Morgan fingerprint density at radius 3 is 2.61 bits per heavy atom. The molecular formula is C17H24FN3O2. The maximum atomic E-state index is 13.2. The molecule has 1 N–H and O–H groups in total. The Bertz CT molecular complexity index is 590. The lowest BCUT2D eigenvalue weighted by atomic mass is 10.1. The van der Waals surface area contributed by atoms with Crippen LogP contribution in [0.4, 0.5) is 9.18 Å². The van der Waals surface area contributed by atoms with E-state index >= 15 is 0 Å². The molecule has 2 aliphatic rings. The van der Waals surface area contributed by atoms with E-state index in [9.17, 15) is 9.18 Å². The maximum absolute atomic E-state index is 13.2. The second-order valence-corrected chi connectivity index (χ2v) is 7.56. The first-order valence-electron chi connectivity index (χ1n) is 8.09. The van der Waals surface area contributed by atoms with E-state index in [1.165, 1.54) is 12.3 Å². The first kappa shape index (κ1) is 16.2. The molecule has 1 saturated carbocycles. The zero-order chi connectivity index (χ0) is 16.8. The molecule has 2 fully saturated rings. The third-order valence-electron chi connectivity index (χ3n) is 4.51. The van der Waals surface area contributed by atoms with Gasteiger partial charge < -0.3 is 15.0 Å². The number of likely N-dealkylation sites (tertiary alicyclic amines) is 1. The molecule has 1 aromatic heterocycles. The summed E-state index contributed by atoms with van der Waals surface area (Å²) in [6, 6.07) is 1.94. The average molecular weight is 321 g/mol. The monoisotopic (exact) mass is 321 g/mol. The molecule has 1 aromatic rings. The number of pyridine rings is 1. The van der Waals surface area contributed by atoms with Crippen LogP contribution in [-0.2, 0) is 4.74 Å². The minimum atomic E-state index is -0.458. The van der Waals surface area contributed by atoms with Crippen LogP contribution in [0, 0.1) is 17.7 Å². The Kier molecular flexibility index (Phi) is 4.04. The number of piperidine rings is 1. The second-order valence-electron chi connectivity index (χ2n) is 7.56. The van der Waals surface area contributed by atoms with Crippen LogP contribution in [0.25, 0.3) is 0 Å². The Labute approximate surface area is 136 Å². The summed E-state index contributed by atoms with van der Waals surface area (Å²) < 4.78 is 18.6. The number of carbonyl (C=O) groups excluding carboxylic acids is 1. The van der Waals surface area contributed by atoms with Crippen LogP contribution in [0.15, 0.2) is 18.5 Å². The molecule has 0 bridgehead atoms. The van der Waals surface area contributed by atoms with Gasteiger partial charge in [0.15, 0.2) is 0 Å².